The molecule has 0 unspecified atom stereocenters. The molecule has 5 rings (SSSR count). The van der Waals surface area contributed by atoms with Crippen molar-refractivity contribution in [1.29, 1.82) is 0 Å². The summed E-state index contributed by atoms with van der Waals surface area (Å²) in [5.41, 5.74) is 4.39. The highest BCUT2D eigenvalue weighted by molar-refractivity contribution is 6.30. The van der Waals surface area contributed by atoms with E-state index in [0.29, 0.717) is 24.5 Å². The second-order valence-corrected chi connectivity index (χ2v) is 11.4. The zero-order valence-corrected chi connectivity index (χ0v) is 24.9. The average molecular weight is 600 g/mol. The third kappa shape index (κ3) is 7.29. The standard InChI is InChI=1S/C33H34ClN5O4/c1-20-15-30(40)37-27-9-3-22(16-26(20)27)18-31(41)39-13-11-21(12-14-39)17-29(32(42)35-2)38-33(43)28-10-6-24(19-36-28)23-4-7-25(34)8-5-23/h3-10,15-16,19,21,29H,11-14,17-18H2,1-2H3,(H,35,42)(H,37,40)(H,38,43)/t29-/m0/s1. The number of pyridine rings is 2. The fourth-order valence-electron chi connectivity index (χ4n) is 5.60. The third-order valence-corrected chi connectivity index (χ3v) is 8.30. The molecule has 1 atom stereocenters. The van der Waals surface area contributed by atoms with Crippen molar-refractivity contribution in [1.82, 2.24) is 25.5 Å². The molecular weight excluding hydrogens is 566 g/mol. The van der Waals surface area contributed by atoms with Crippen molar-refractivity contribution in [3.8, 4) is 11.1 Å². The Morgan fingerprint density at radius 2 is 1.74 bits per heavy atom. The van der Waals surface area contributed by atoms with Crippen molar-refractivity contribution >= 4 is 40.2 Å². The van der Waals surface area contributed by atoms with Crippen LogP contribution in [0.3, 0.4) is 0 Å². The van der Waals surface area contributed by atoms with E-state index in [0.717, 1.165) is 46.0 Å². The molecule has 0 bridgehead atoms. The Kier molecular flexibility index (Phi) is 9.21. The Hall–Kier alpha value is -4.50. The molecule has 4 aromatic rings. The number of fused-ring (bicyclic) bond motifs is 1. The topological polar surface area (TPSA) is 124 Å². The Balaban J connectivity index is 1.15. The molecule has 9 nitrogen and oxygen atoms in total. The molecule has 222 valence electrons. The molecule has 3 N–H and O–H groups in total. The molecule has 2 aromatic carbocycles. The van der Waals surface area contributed by atoms with E-state index >= 15 is 0 Å². The van der Waals surface area contributed by atoms with Gasteiger partial charge in [-0.2, -0.15) is 0 Å². The summed E-state index contributed by atoms with van der Waals surface area (Å²) in [6, 6.07) is 17.3. The first-order chi connectivity index (χ1) is 20.7. The lowest BCUT2D eigenvalue weighted by atomic mass is 9.89. The van der Waals surface area contributed by atoms with Gasteiger partial charge in [-0.3, -0.25) is 24.2 Å². The zero-order valence-electron chi connectivity index (χ0n) is 24.2. The lowest BCUT2D eigenvalue weighted by Crippen LogP contribution is -2.48. The van der Waals surface area contributed by atoms with Gasteiger partial charge in [-0.25, -0.2) is 0 Å². The highest BCUT2D eigenvalue weighted by Crippen LogP contribution is 2.24. The van der Waals surface area contributed by atoms with Crippen LogP contribution in [0.25, 0.3) is 22.0 Å². The van der Waals surface area contributed by atoms with E-state index in [2.05, 4.69) is 20.6 Å². The maximum atomic E-state index is 13.1. The first kappa shape index (κ1) is 30.0. The normalized spacial score (nSPS) is 14.3. The van der Waals surface area contributed by atoms with Crippen molar-refractivity contribution in [3.05, 3.63) is 99.1 Å². The minimum atomic E-state index is -0.713. The first-order valence-corrected chi connectivity index (χ1v) is 14.7. The number of halogens is 1. The SMILES string of the molecule is CNC(=O)[C@H](CC1CCN(C(=O)Cc2ccc3[nH]c(=O)cc(C)c3c2)CC1)NC(=O)c1ccc(-c2ccc(Cl)cc2)cn1. The van der Waals surface area contributed by atoms with Gasteiger partial charge in [0.2, 0.25) is 17.4 Å². The number of piperidine rings is 1. The molecule has 0 spiro atoms. The minimum absolute atomic E-state index is 0.0455. The summed E-state index contributed by atoms with van der Waals surface area (Å²) in [5, 5.41) is 7.07. The number of amides is 3. The van der Waals surface area contributed by atoms with Gasteiger partial charge in [0, 0.05) is 53.9 Å². The summed E-state index contributed by atoms with van der Waals surface area (Å²) in [6.45, 7) is 3.06. The van der Waals surface area contributed by atoms with E-state index in [1.54, 1.807) is 37.5 Å². The van der Waals surface area contributed by atoms with E-state index in [4.69, 9.17) is 11.6 Å². The Bertz CT molecular complexity index is 1690. The fraction of sp³-hybridized carbons (Fsp3) is 0.303. The van der Waals surface area contributed by atoms with Crippen LogP contribution in [0, 0.1) is 12.8 Å². The minimum Gasteiger partial charge on any atom is -0.357 e. The van der Waals surface area contributed by atoms with E-state index in [-0.39, 0.29) is 35.4 Å². The predicted octanol–water partition coefficient (Wildman–Crippen LogP) is 4.27. The van der Waals surface area contributed by atoms with Gasteiger partial charge >= 0.3 is 0 Å². The maximum Gasteiger partial charge on any atom is 0.270 e. The van der Waals surface area contributed by atoms with Gasteiger partial charge in [0.05, 0.1) is 6.42 Å². The number of nitrogens with zero attached hydrogens (tertiary/aromatic N) is 2. The van der Waals surface area contributed by atoms with E-state index in [9.17, 15) is 19.2 Å². The molecule has 0 saturated carbocycles. The molecule has 0 aliphatic carbocycles. The number of nitrogens with one attached hydrogen (secondary N) is 3. The second kappa shape index (κ2) is 13.2. The molecule has 1 aliphatic rings. The lowest BCUT2D eigenvalue weighted by molar-refractivity contribution is -0.132. The first-order valence-electron chi connectivity index (χ1n) is 14.3. The largest absolute Gasteiger partial charge is 0.357 e. The van der Waals surface area contributed by atoms with Gasteiger partial charge in [0.15, 0.2) is 0 Å². The van der Waals surface area contributed by atoms with Crippen LogP contribution in [-0.2, 0) is 16.0 Å². The van der Waals surface area contributed by atoms with Gasteiger partial charge in [-0.15, -0.1) is 0 Å². The number of aromatic nitrogens is 2. The van der Waals surface area contributed by atoms with Crippen LogP contribution >= 0.6 is 11.6 Å². The van der Waals surface area contributed by atoms with Crippen LogP contribution < -0.4 is 16.2 Å². The number of rotatable bonds is 8. The van der Waals surface area contributed by atoms with Crippen molar-refractivity contribution in [2.45, 2.75) is 38.6 Å². The molecule has 3 heterocycles. The molecule has 1 aliphatic heterocycles. The quantitative estimate of drug-likeness (QED) is 0.279. The van der Waals surface area contributed by atoms with Crippen LogP contribution in [0.4, 0.5) is 0 Å². The van der Waals surface area contributed by atoms with Gasteiger partial charge in [-0.1, -0.05) is 35.9 Å². The number of aryl methyl sites for hydroxylation is 1. The number of hydrogen-bond acceptors (Lipinski definition) is 5. The fourth-order valence-corrected chi connectivity index (χ4v) is 5.72. The summed E-state index contributed by atoms with van der Waals surface area (Å²) in [5.74, 6) is -0.465. The zero-order chi connectivity index (χ0) is 30.5. The van der Waals surface area contributed by atoms with Crippen molar-refractivity contribution in [2.75, 3.05) is 20.1 Å². The summed E-state index contributed by atoms with van der Waals surface area (Å²) in [4.78, 5) is 59.5. The van der Waals surface area contributed by atoms with Gasteiger partial charge in [0.1, 0.15) is 11.7 Å². The number of aromatic amines is 1. The number of H-pyrrole nitrogens is 1. The number of benzene rings is 2. The Morgan fingerprint density at radius 1 is 1.02 bits per heavy atom. The summed E-state index contributed by atoms with van der Waals surface area (Å²) >= 11 is 5.97. The smallest absolute Gasteiger partial charge is 0.270 e. The van der Waals surface area contributed by atoms with Gasteiger partial charge in [-0.05, 0) is 79.1 Å². The van der Waals surface area contributed by atoms with Crippen LogP contribution in [-0.4, -0.2) is 58.8 Å². The van der Waals surface area contributed by atoms with E-state index in [1.165, 1.54) is 0 Å². The van der Waals surface area contributed by atoms with Crippen LogP contribution in [0.1, 0.15) is 40.9 Å². The molecule has 0 radical (unpaired) electrons. The van der Waals surface area contributed by atoms with Gasteiger partial charge in [0.25, 0.3) is 5.91 Å². The maximum absolute atomic E-state index is 13.1. The highest BCUT2D eigenvalue weighted by Gasteiger charge is 2.29. The molecule has 3 amide bonds. The van der Waals surface area contributed by atoms with Gasteiger partial charge < -0.3 is 20.5 Å². The average Bonchev–Trinajstić information content (AvgIpc) is 3.01. The Morgan fingerprint density at radius 3 is 2.42 bits per heavy atom. The predicted molar refractivity (Wildman–Crippen MR) is 167 cm³/mol. The van der Waals surface area contributed by atoms with E-state index < -0.39 is 11.9 Å². The van der Waals surface area contributed by atoms with Crippen molar-refractivity contribution in [3.63, 3.8) is 0 Å². The molecule has 1 saturated heterocycles. The molecular formula is C33H34ClN5O4. The monoisotopic (exact) mass is 599 g/mol. The highest BCUT2D eigenvalue weighted by atomic mass is 35.5. The number of likely N-dealkylation sites (N-methyl/N-ethyl adjacent to an activating group) is 1. The van der Waals surface area contributed by atoms with Crippen molar-refractivity contribution in [2.24, 2.45) is 5.92 Å². The molecule has 10 heteroatoms. The van der Waals surface area contributed by atoms with Crippen LogP contribution in [0.5, 0.6) is 0 Å². The summed E-state index contributed by atoms with van der Waals surface area (Å²) in [6.07, 6.45) is 3.85. The number of likely N-dealkylation sites (tertiary alicyclic amines) is 1. The molecule has 2 aromatic heterocycles. The van der Waals surface area contributed by atoms with Crippen LogP contribution in [0.15, 0.2) is 71.7 Å². The molecule has 43 heavy (non-hydrogen) atoms. The molecule has 1 fully saturated rings. The number of hydrogen-bond donors (Lipinski definition) is 3. The van der Waals surface area contributed by atoms with Crippen LogP contribution in [0.2, 0.25) is 5.02 Å². The number of carbonyl (C=O) groups is 3. The third-order valence-electron chi connectivity index (χ3n) is 8.05. The van der Waals surface area contributed by atoms with E-state index in [1.807, 2.05) is 48.2 Å². The number of carbonyl (C=O) groups excluding carboxylic acids is 3. The summed E-state index contributed by atoms with van der Waals surface area (Å²) in [7, 11) is 1.55. The Labute approximate surface area is 254 Å². The summed E-state index contributed by atoms with van der Waals surface area (Å²) < 4.78 is 0. The lowest BCUT2D eigenvalue weighted by Gasteiger charge is -2.33. The second-order valence-electron chi connectivity index (χ2n) is 11.0. The van der Waals surface area contributed by atoms with Crippen molar-refractivity contribution < 1.29 is 14.4 Å².